The van der Waals surface area contributed by atoms with E-state index in [1.807, 2.05) is 18.4 Å². The minimum atomic E-state index is 0.926. The number of fused-ring (bicyclic) bond motifs is 2. The van der Waals surface area contributed by atoms with Gasteiger partial charge < -0.3 is 14.5 Å². The highest BCUT2D eigenvalue weighted by atomic mass is 16.5. The first-order valence-electron chi connectivity index (χ1n) is 6.28. The van der Waals surface area contributed by atoms with Crippen molar-refractivity contribution < 1.29 is 4.74 Å². The molecule has 18 heavy (non-hydrogen) atoms. The number of likely N-dealkylation sites (N-methyl/N-ethyl adjacent to an activating group) is 1. The summed E-state index contributed by atoms with van der Waals surface area (Å²) in [6.45, 7) is 2.87. The molecule has 0 atom stereocenters. The summed E-state index contributed by atoms with van der Waals surface area (Å²) in [5, 5.41) is 0. The van der Waals surface area contributed by atoms with E-state index in [0.29, 0.717) is 0 Å². The van der Waals surface area contributed by atoms with Gasteiger partial charge in [-0.2, -0.15) is 0 Å². The summed E-state index contributed by atoms with van der Waals surface area (Å²) in [6.07, 6.45) is 4.19. The first kappa shape index (κ1) is 11.4. The highest BCUT2D eigenvalue weighted by Crippen LogP contribution is 2.31. The van der Waals surface area contributed by atoms with E-state index in [-0.39, 0.29) is 0 Å². The minimum Gasteiger partial charge on any atom is -0.462 e. The van der Waals surface area contributed by atoms with Gasteiger partial charge in [-0.05, 0) is 25.7 Å². The molecular formula is C15H18N2O. The quantitative estimate of drug-likeness (QED) is 0.791. The first-order chi connectivity index (χ1) is 8.74. The SMILES string of the molecule is CN(C)CC1=CCN2Cc3ccccc3OC=C12. The molecule has 3 rings (SSSR count). The van der Waals surface area contributed by atoms with E-state index in [1.165, 1.54) is 16.8 Å². The van der Waals surface area contributed by atoms with Crippen LogP contribution < -0.4 is 4.74 Å². The van der Waals surface area contributed by atoms with Crippen LogP contribution in [0.15, 0.2) is 47.9 Å². The Morgan fingerprint density at radius 1 is 1.28 bits per heavy atom. The number of ether oxygens (including phenoxy) is 1. The summed E-state index contributed by atoms with van der Waals surface area (Å²) in [6, 6.07) is 8.25. The van der Waals surface area contributed by atoms with Gasteiger partial charge in [0.1, 0.15) is 12.0 Å². The van der Waals surface area contributed by atoms with Gasteiger partial charge in [0.15, 0.2) is 0 Å². The molecule has 0 spiro atoms. The lowest BCUT2D eigenvalue weighted by atomic mass is 10.2. The van der Waals surface area contributed by atoms with Crippen molar-refractivity contribution in [2.75, 3.05) is 27.2 Å². The lowest BCUT2D eigenvalue weighted by Gasteiger charge is -2.20. The van der Waals surface area contributed by atoms with E-state index in [0.717, 1.165) is 25.4 Å². The predicted molar refractivity (Wildman–Crippen MR) is 72.2 cm³/mol. The second-order valence-corrected chi connectivity index (χ2v) is 5.08. The lowest BCUT2D eigenvalue weighted by Crippen LogP contribution is -2.21. The molecule has 0 unspecified atom stereocenters. The highest BCUT2D eigenvalue weighted by Gasteiger charge is 2.24. The number of hydrogen-bond acceptors (Lipinski definition) is 3. The Balaban J connectivity index is 1.87. The van der Waals surface area contributed by atoms with Gasteiger partial charge in [-0.1, -0.05) is 24.3 Å². The van der Waals surface area contributed by atoms with E-state index in [9.17, 15) is 0 Å². The molecule has 0 saturated carbocycles. The monoisotopic (exact) mass is 242 g/mol. The fourth-order valence-corrected chi connectivity index (χ4v) is 2.49. The largest absolute Gasteiger partial charge is 0.462 e. The molecule has 94 valence electrons. The second kappa shape index (κ2) is 4.50. The number of nitrogens with zero attached hydrogens (tertiary/aromatic N) is 2. The van der Waals surface area contributed by atoms with E-state index in [2.05, 4.69) is 42.1 Å². The van der Waals surface area contributed by atoms with E-state index >= 15 is 0 Å². The zero-order valence-electron chi connectivity index (χ0n) is 10.9. The average molecular weight is 242 g/mol. The summed E-state index contributed by atoms with van der Waals surface area (Å²) >= 11 is 0. The smallest absolute Gasteiger partial charge is 0.131 e. The molecule has 0 N–H and O–H groups in total. The predicted octanol–water partition coefficient (Wildman–Crippen LogP) is 2.22. The Bertz CT molecular complexity index is 517. The Hall–Kier alpha value is -1.74. The number of rotatable bonds is 2. The Labute approximate surface area is 108 Å². The van der Waals surface area contributed by atoms with Crippen LogP contribution in [0.25, 0.3) is 0 Å². The summed E-state index contributed by atoms with van der Waals surface area (Å²) < 4.78 is 5.81. The third kappa shape index (κ3) is 2.02. The van der Waals surface area contributed by atoms with Crippen molar-refractivity contribution in [1.29, 1.82) is 0 Å². The number of benzene rings is 1. The third-order valence-corrected chi connectivity index (χ3v) is 3.35. The summed E-state index contributed by atoms with van der Waals surface area (Å²) in [5.41, 5.74) is 3.83. The van der Waals surface area contributed by atoms with Crippen molar-refractivity contribution in [2.24, 2.45) is 0 Å². The van der Waals surface area contributed by atoms with Crippen LogP contribution in [0.3, 0.4) is 0 Å². The van der Waals surface area contributed by atoms with Crippen LogP contribution in [-0.4, -0.2) is 37.0 Å². The minimum absolute atomic E-state index is 0.926. The van der Waals surface area contributed by atoms with Crippen LogP contribution in [0.1, 0.15) is 5.56 Å². The number of hydrogen-bond donors (Lipinski definition) is 0. The van der Waals surface area contributed by atoms with Crippen LogP contribution in [0, 0.1) is 0 Å². The van der Waals surface area contributed by atoms with Gasteiger partial charge in [-0.15, -0.1) is 0 Å². The van der Waals surface area contributed by atoms with Gasteiger partial charge in [-0.3, -0.25) is 0 Å². The normalized spacial score (nSPS) is 17.6. The maximum Gasteiger partial charge on any atom is 0.131 e. The first-order valence-corrected chi connectivity index (χ1v) is 6.28. The lowest BCUT2D eigenvalue weighted by molar-refractivity contribution is 0.385. The molecule has 2 heterocycles. The van der Waals surface area contributed by atoms with Crippen LogP contribution in [0.4, 0.5) is 0 Å². The van der Waals surface area contributed by atoms with Crippen LogP contribution >= 0.6 is 0 Å². The summed E-state index contributed by atoms with van der Waals surface area (Å²) in [4.78, 5) is 4.55. The Morgan fingerprint density at radius 2 is 2.11 bits per heavy atom. The molecule has 0 fully saturated rings. The van der Waals surface area contributed by atoms with Crippen molar-refractivity contribution in [3.05, 3.63) is 53.4 Å². The Morgan fingerprint density at radius 3 is 2.94 bits per heavy atom. The molecule has 0 aromatic heterocycles. The summed E-state index contributed by atoms with van der Waals surface area (Å²) in [5.74, 6) is 0.976. The van der Waals surface area contributed by atoms with E-state index < -0.39 is 0 Å². The molecule has 3 heteroatoms. The summed E-state index contributed by atoms with van der Waals surface area (Å²) in [7, 11) is 4.19. The molecule has 0 amide bonds. The van der Waals surface area contributed by atoms with Crippen LogP contribution in [0.5, 0.6) is 5.75 Å². The average Bonchev–Trinajstić information content (AvgIpc) is 2.60. The molecule has 0 radical (unpaired) electrons. The van der Waals surface area contributed by atoms with Crippen LogP contribution in [-0.2, 0) is 6.54 Å². The molecule has 2 aliphatic rings. The molecule has 3 nitrogen and oxygen atoms in total. The van der Waals surface area contributed by atoms with Crippen molar-refractivity contribution in [3.63, 3.8) is 0 Å². The topological polar surface area (TPSA) is 15.7 Å². The van der Waals surface area contributed by atoms with Gasteiger partial charge in [-0.25, -0.2) is 0 Å². The molecule has 0 bridgehead atoms. The fraction of sp³-hybridized carbons (Fsp3) is 0.333. The maximum absolute atomic E-state index is 5.81. The van der Waals surface area contributed by atoms with Gasteiger partial charge in [0.05, 0.1) is 5.70 Å². The number of para-hydroxylation sites is 1. The zero-order chi connectivity index (χ0) is 12.5. The van der Waals surface area contributed by atoms with Crippen molar-refractivity contribution >= 4 is 0 Å². The standard InChI is InChI=1S/C15H18N2O/c1-16(2)9-12-7-8-17-10-13-5-3-4-6-15(13)18-11-14(12)17/h3-7,11H,8-10H2,1-2H3. The molecule has 2 aliphatic heterocycles. The third-order valence-electron chi connectivity index (χ3n) is 3.35. The molecule has 0 aliphatic carbocycles. The molecular weight excluding hydrogens is 224 g/mol. The molecule has 1 aromatic rings. The fourth-order valence-electron chi connectivity index (χ4n) is 2.49. The van der Waals surface area contributed by atoms with Gasteiger partial charge in [0, 0.05) is 25.2 Å². The van der Waals surface area contributed by atoms with Crippen LogP contribution in [0.2, 0.25) is 0 Å². The van der Waals surface area contributed by atoms with Gasteiger partial charge in [0.2, 0.25) is 0 Å². The highest BCUT2D eigenvalue weighted by molar-refractivity contribution is 5.42. The Kier molecular flexibility index (Phi) is 2.84. The zero-order valence-corrected chi connectivity index (χ0v) is 10.9. The molecule has 0 saturated heterocycles. The maximum atomic E-state index is 5.81. The molecule has 1 aromatic carbocycles. The van der Waals surface area contributed by atoms with E-state index in [1.54, 1.807) is 0 Å². The van der Waals surface area contributed by atoms with Crippen molar-refractivity contribution in [2.45, 2.75) is 6.54 Å². The van der Waals surface area contributed by atoms with E-state index in [4.69, 9.17) is 4.74 Å². The van der Waals surface area contributed by atoms with Crippen molar-refractivity contribution in [1.82, 2.24) is 9.80 Å². The second-order valence-electron chi connectivity index (χ2n) is 5.08. The van der Waals surface area contributed by atoms with Gasteiger partial charge in [0.25, 0.3) is 0 Å². The van der Waals surface area contributed by atoms with Gasteiger partial charge >= 0.3 is 0 Å². The van der Waals surface area contributed by atoms with Crippen molar-refractivity contribution in [3.8, 4) is 5.75 Å².